The van der Waals surface area contributed by atoms with Crippen LogP contribution in [0.5, 0.6) is 0 Å². The number of benzene rings is 2. The maximum atomic E-state index is 6.32. The van der Waals surface area contributed by atoms with Crippen molar-refractivity contribution in [1.29, 1.82) is 0 Å². The molecule has 1 heterocycles. The van der Waals surface area contributed by atoms with Crippen LogP contribution >= 0.6 is 35.0 Å². The molecular formula is C18H17Cl2N3S. The van der Waals surface area contributed by atoms with Crippen molar-refractivity contribution in [2.24, 2.45) is 0 Å². The molecule has 1 aromatic heterocycles. The number of rotatable bonds is 5. The summed E-state index contributed by atoms with van der Waals surface area (Å²) in [5.74, 6) is 1.63. The van der Waals surface area contributed by atoms with Gasteiger partial charge in [-0.25, -0.2) is 0 Å². The first-order valence-electron chi connectivity index (χ1n) is 7.66. The minimum Gasteiger partial charge on any atom is -0.302 e. The predicted molar refractivity (Wildman–Crippen MR) is 102 cm³/mol. The van der Waals surface area contributed by atoms with Gasteiger partial charge in [0.15, 0.2) is 11.0 Å². The fourth-order valence-corrected chi connectivity index (χ4v) is 4.04. The minimum absolute atomic E-state index is 0.583. The van der Waals surface area contributed by atoms with E-state index in [4.69, 9.17) is 23.2 Å². The topological polar surface area (TPSA) is 30.7 Å². The summed E-state index contributed by atoms with van der Waals surface area (Å²) in [7, 11) is 0. The number of nitrogens with zero attached hydrogens (tertiary/aromatic N) is 3. The fourth-order valence-electron chi connectivity index (χ4n) is 2.46. The van der Waals surface area contributed by atoms with E-state index in [0.717, 1.165) is 28.8 Å². The van der Waals surface area contributed by atoms with Gasteiger partial charge in [0.25, 0.3) is 0 Å². The van der Waals surface area contributed by atoms with Crippen molar-refractivity contribution in [1.82, 2.24) is 14.8 Å². The lowest BCUT2D eigenvalue weighted by atomic mass is 10.1. The van der Waals surface area contributed by atoms with E-state index in [-0.39, 0.29) is 0 Å². The lowest BCUT2D eigenvalue weighted by Gasteiger charge is -2.09. The highest BCUT2D eigenvalue weighted by molar-refractivity contribution is 7.98. The third-order valence-corrected chi connectivity index (χ3v) is 5.39. The van der Waals surface area contributed by atoms with Crippen LogP contribution in [0.4, 0.5) is 0 Å². The SMILES string of the molecule is CCn1c(SCc2ccccc2C)nnc1-c1ccc(Cl)cc1Cl. The standard InChI is InChI=1S/C18H17Cl2N3S/c1-3-23-17(15-9-8-14(19)10-16(15)20)21-22-18(23)24-11-13-7-5-4-6-12(13)2/h4-10H,3,11H2,1-2H3. The Bertz CT molecular complexity index is 861. The molecule has 0 unspecified atom stereocenters. The summed E-state index contributed by atoms with van der Waals surface area (Å²) in [5, 5.41) is 10.8. The van der Waals surface area contributed by atoms with Gasteiger partial charge in [-0.3, -0.25) is 0 Å². The van der Waals surface area contributed by atoms with Crippen molar-refractivity contribution >= 4 is 35.0 Å². The van der Waals surface area contributed by atoms with Crippen LogP contribution in [0.1, 0.15) is 18.1 Å². The second-order valence-electron chi connectivity index (χ2n) is 5.39. The molecule has 0 saturated heterocycles. The Balaban J connectivity index is 1.88. The van der Waals surface area contributed by atoms with Crippen LogP contribution in [0.25, 0.3) is 11.4 Å². The Kier molecular flexibility index (Phi) is 5.49. The molecule has 3 nitrogen and oxygen atoms in total. The highest BCUT2D eigenvalue weighted by atomic mass is 35.5. The maximum absolute atomic E-state index is 6.32. The zero-order valence-electron chi connectivity index (χ0n) is 13.5. The maximum Gasteiger partial charge on any atom is 0.191 e. The van der Waals surface area contributed by atoms with Gasteiger partial charge in [0, 0.05) is 22.9 Å². The molecule has 0 bridgehead atoms. The second kappa shape index (κ2) is 7.60. The van der Waals surface area contributed by atoms with Gasteiger partial charge in [0.05, 0.1) is 5.02 Å². The first-order valence-corrected chi connectivity index (χ1v) is 9.40. The molecule has 24 heavy (non-hydrogen) atoms. The average Bonchev–Trinajstić information content (AvgIpc) is 2.97. The van der Waals surface area contributed by atoms with Gasteiger partial charge in [-0.15, -0.1) is 10.2 Å². The summed E-state index contributed by atoms with van der Waals surface area (Å²) in [6.07, 6.45) is 0. The Morgan fingerprint density at radius 2 is 1.88 bits per heavy atom. The molecule has 2 aromatic carbocycles. The van der Waals surface area contributed by atoms with Gasteiger partial charge in [-0.05, 0) is 43.2 Å². The summed E-state index contributed by atoms with van der Waals surface area (Å²) in [4.78, 5) is 0. The molecule has 124 valence electrons. The van der Waals surface area contributed by atoms with Crippen molar-refractivity contribution in [2.45, 2.75) is 31.3 Å². The molecule has 0 aliphatic heterocycles. The van der Waals surface area contributed by atoms with Crippen molar-refractivity contribution in [3.8, 4) is 11.4 Å². The molecule has 0 N–H and O–H groups in total. The Hall–Kier alpha value is -1.49. The number of aryl methyl sites for hydroxylation is 1. The van der Waals surface area contributed by atoms with Crippen molar-refractivity contribution in [3.63, 3.8) is 0 Å². The monoisotopic (exact) mass is 377 g/mol. The van der Waals surface area contributed by atoms with Crippen LogP contribution in [0.3, 0.4) is 0 Å². The highest BCUT2D eigenvalue weighted by Gasteiger charge is 2.16. The minimum atomic E-state index is 0.583. The molecule has 3 aromatic rings. The van der Waals surface area contributed by atoms with Crippen LogP contribution in [0.15, 0.2) is 47.6 Å². The quantitative estimate of drug-likeness (QED) is 0.520. The largest absolute Gasteiger partial charge is 0.302 e. The van der Waals surface area contributed by atoms with E-state index >= 15 is 0 Å². The molecular weight excluding hydrogens is 361 g/mol. The van der Waals surface area contributed by atoms with E-state index in [1.54, 1.807) is 17.8 Å². The van der Waals surface area contributed by atoms with E-state index in [0.29, 0.717) is 10.0 Å². The van der Waals surface area contributed by atoms with Crippen LogP contribution in [-0.4, -0.2) is 14.8 Å². The molecule has 0 radical (unpaired) electrons. The number of thioether (sulfide) groups is 1. The van der Waals surface area contributed by atoms with Gasteiger partial charge in [0.1, 0.15) is 0 Å². The Morgan fingerprint density at radius 3 is 2.58 bits per heavy atom. The van der Waals surface area contributed by atoms with E-state index < -0.39 is 0 Å². The molecule has 0 saturated carbocycles. The molecule has 3 rings (SSSR count). The summed E-state index contributed by atoms with van der Waals surface area (Å²) in [6.45, 7) is 4.98. The third kappa shape index (κ3) is 3.61. The van der Waals surface area contributed by atoms with E-state index in [2.05, 4.69) is 52.9 Å². The number of halogens is 2. The fraction of sp³-hybridized carbons (Fsp3) is 0.222. The molecule has 0 aliphatic rings. The molecule has 0 aliphatic carbocycles. The molecule has 0 fully saturated rings. The first kappa shape index (κ1) is 17.3. The molecule has 0 spiro atoms. The lowest BCUT2D eigenvalue weighted by Crippen LogP contribution is -2.00. The van der Waals surface area contributed by atoms with Crippen LogP contribution in [-0.2, 0) is 12.3 Å². The van der Waals surface area contributed by atoms with Crippen molar-refractivity contribution < 1.29 is 0 Å². The number of hydrogen-bond donors (Lipinski definition) is 0. The lowest BCUT2D eigenvalue weighted by molar-refractivity contribution is 0.687. The molecule has 0 atom stereocenters. The van der Waals surface area contributed by atoms with E-state index in [1.807, 2.05) is 12.1 Å². The first-order chi connectivity index (χ1) is 11.6. The van der Waals surface area contributed by atoms with Gasteiger partial charge < -0.3 is 4.57 Å². The van der Waals surface area contributed by atoms with Crippen LogP contribution < -0.4 is 0 Å². The molecule has 0 amide bonds. The summed E-state index contributed by atoms with van der Waals surface area (Å²) in [6, 6.07) is 13.8. The Morgan fingerprint density at radius 1 is 1.08 bits per heavy atom. The highest BCUT2D eigenvalue weighted by Crippen LogP contribution is 2.32. The summed E-state index contributed by atoms with van der Waals surface area (Å²) >= 11 is 14.0. The second-order valence-corrected chi connectivity index (χ2v) is 7.18. The van der Waals surface area contributed by atoms with Crippen LogP contribution in [0.2, 0.25) is 10.0 Å². The normalized spacial score (nSPS) is 11.0. The zero-order chi connectivity index (χ0) is 17.1. The zero-order valence-corrected chi connectivity index (χ0v) is 15.8. The number of aromatic nitrogens is 3. The van der Waals surface area contributed by atoms with Gasteiger partial charge in [-0.2, -0.15) is 0 Å². The van der Waals surface area contributed by atoms with Gasteiger partial charge in [0.2, 0.25) is 0 Å². The number of hydrogen-bond acceptors (Lipinski definition) is 3. The Labute approximate surface area is 156 Å². The summed E-state index contributed by atoms with van der Waals surface area (Å²) < 4.78 is 2.08. The van der Waals surface area contributed by atoms with Crippen LogP contribution in [0, 0.1) is 6.92 Å². The average molecular weight is 378 g/mol. The van der Waals surface area contributed by atoms with Crippen molar-refractivity contribution in [2.75, 3.05) is 0 Å². The van der Waals surface area contributed by atoms with E-state index in [1.165, 1.54) is 11.1 Å². The predicted octanol–water partition coefficient (Wildman–Crippen LogP) is 5.87. The van der Waals surface area contributed by atoms with E-state index in [9.17, 15) is 0 Å². The van der Waals surface area contributed by atoms with Gasteiger partial charge >= 0.3 is 0 Å². The molecule has 6 heteroatoms. The summed E-state index contributed by atoms with van der Waals surface area (Å²) in [5.41, 5.74) is 3.44. The third-order valence-electron chi connectivity index (χ3n) is 3.82. The smallest absolute Gasteiger partial charge is 0.191 e. The van der Waals surface area contributed by atoms with Crippen molar-refractivity contribution in [3.05, 3.63) is 63.6 Å². The van der Waals surface area contributed by atoms with Gasteiger partial charge in [-0.1, -0.05) is 59.2 Å².